The largest absolute Gasteiger partial charge is 0.497 e. The number of aromatic amines is 1. The number of amides is 1. The molecule has 8 heteroatoms. The van der Waals surface area contributed by atoms with Gasteiger partial charge in [-0.2, -0.15) is 0 Å². The molecule has 0 bridgehead atoms. The lowest BCUT2D eigenvalue weighted by molar-refractivity contribution is 0.0964. The second kappa shape index (κ2) is 9.64. The maximum Gasteiger partial charge on any atom is 0.255 e. The van der Waals surface area contributed by atoms with Gasteiger partial charge in [-0.15, -0.1) is 0 Å². The lowest BCUT2D eigenvalue weighted by Crippen LogP contribution is -2.18. The minimum Gasteiger partial charge on any atom is -0.497 e. The summed E-state index contributed by atoms with van der Waals surface area (Å²) in [6, 6.07) is 23.4. The molecule has 0 aliphatic rings. The normalized spacial score (nSPS) is 11.2. The molecule has 39 heavy (non-hydrogen) atoms. The predicted octanol–water partition coefficient (Wildman–Crippen LogP) is 6.86. The third-order valence-corrected chi connectivity index (χ3v) is 6.77. The zero-order valence-electron chi connectivity index (χ0n) is 21.6. The van der Waals surface area contributed by atoms with E-state index in [1.165, 1.54) is 12.1 Å². The Labute approximate surface area is 223 Å². The van der Waals surface area contributed by atoms with Crippen molar-refractivity contribution in [1.29, 1.82) is 0 Å². The number of pyridine rings is 1. The van der Waals surface area contributed by atoms with Crippen molar-refractivity contribution in [2.45, 2.75) is 0 Å². The van der Waals surface area contributed by atoms with Crippen LogP contribution in [0.1, 0.15) is 10.4 Å². The second-order valence-electron chi connectivity index (χ2n) is 9.08. The number of methoxy groups -OCH3 is 1. The van der Waals surface area contributed by atoms with Crippen LogP contribution in [0.15, 0.2) is 83.3 Å². The highest BCUT2D eigenvalue weighted by Crippen LogP contribution is 2.40. The van der Waals surface area contributed by atoms with Gasteiger partial charge in [-0.3, -0.25) is 4.79 Å². The number of para-hydroxylation sites is 1. The molecule has 7 nitrogen and oxygen atoms in total. The number of fused-ring (bicyclic) bond motifs is 2. The number of hydrogen-bond donors (Lipinski definition) is 3. The molecule has 0 saturated carbocycles. The fraction of sp³-hybridized carbons (Fsp3) is 0.0968. The van der Waals surface area contributed by atoms with Crippen molar-refractivity contribution >= 4 is 33.5 Å². The predicted molar refractivity (Wildman–Crippen MR) is 152 cm³/mol. The van der Waals surface area contributed by atoms with Crippen LogP contribution >= 0.6 is 0 Å². The number of aromatic nitrogens is 2. The number of ether oxygens (including phenoxy) is 1. The molecule has 0 spiro atoms. The molecule has 3 N–H and O–H groups in total. The van der Waals surface area contributed by atoms with Crippen LogP contribution in [-0.2, 0) is 0 Å². The summed E-state index contributed by atoms with van der Waals surface area (Å²) in [5.41, 5.74) is 6.23. The van der Waals surface area contributed by atoms with E-state index in [1.807, 2.05) is 55.6 Å². The summed E-state index contributed by atoms with van der Waals surface area (Å²) in [5.74, 6) is 0.321. The van der Waals surface area contributed by atoms with E-state index in [9.17, 15) is 9.18 Å². The number of halogens is 1. The Morgan fingerprint density at radius 1 is 0.974 bits per heavy atom. The minimum atomic E-state index is -0.369. The van der Waals surface area contributed by atoms with Gasteiger partial charge in [0.15, 0.2) is 0 Å². The van der Waals surface area contributed by atoms with E-state index in [4.69, 9.17) is 14.1 Å². The lowest BCUT2D eigenvalue weighted by Gasteiger charge is -2.12. The molecule has 0 atom stereocenters. The number of nitrogens with zero attached hydrogens (tertiary/aromatic N) is 1. The van der Waals surface area contributed by atoms with Crippen molar-refractivity contribution < 1.29 is 18.3 Å². The molecule has 0 radical (unpaired) electrons. The van der Waals surface area contributed by atoms with E-state index in [1.54, 1.807) is 26.3 Å². The summed E-state index contributed by atoms with van der Waals surface area (Å²) in [4.78, 5) is 21.5. The summed E-state index contributed by atoms with van der Waals surface area (Å²) < 4.78 is 25.4. The van der Waals surface area contributed by atoms with Crippen molar-refractivity contribution in [3.8, 4) is 39.7 Å². The molecule has 0 aliphatic carbocycles. The molecule has 6 rings (SSSR count). The highest BCUT2D eigenvalue weighted by atomic mass is 19.1. The number of nitrogens with one attached hydrogen (secondary N) is 3. The summed E-state index contributed by atoms with van der Waals surface area (Å²) in [6.07, 6.45) is 0. The van der Waals surface area contributed by atoms with Crippen LogP contribution in [-0.4, -0.2) is 37.1 Å². The first kappa shape index (κ1) is 24.2. The molecule has 3 aromatic heterocycles. The molecule has 3 aromatic carbocycles. The topological polar surface area (TPSA) is 92.2 Å². The van der Waals surface area contributed by atoms with Gasteiger partial charge in [0, 0.05) is 65.4 Å². The Bertz CT molecular complexity index is 1820. The van der Waals surface area contributed by atoms with Gasteiger partial charge in [0.1, 0.15) is 22.9 Å². The molecular weight excluding hydrogens is 495 g/mol. The second-order valence-corrected chi connectivity index (χ2v) is 9.08. The number of hydrogen-bond acceptors (Lipinski definition) is 5. The molecular formula is C31H25FN4O3. The molecule has 6 aromatic rings. The van der Waals surface area contributed by atoms with E-state index < -0.39 is 0 Å². The van der Waals surface area contributed by atoms with Gasteiger partial charge in [0.25, 0.3) is 5.91 Å². The number of carbonyl (C=O) groups excluding carboxylic acids is 1. The van der Waals surface area contributed by atoms with Crippen LogP contribution in [0.4, 0.5) is 10.1 Å². The van der Waals surface area contributed by atoms with Crippen molar-refractivity contribution in [3.63, 3.8) is 0 Å². The smallest absolute Gasteiger partial charge is 0.255 e. The third-order valence-electron chi connectivity index (χ3n) is 6.77. The summed E-state index contributed by atoms with van der Waals surface area (Å²) in [6.45, 7) is 0. The summed E-state index contributed by atoms with van der Waals surface area (Å²) in [5, 5.41) is 7.62. The zero-order valence-corrected chi connectivity index (χ0v) is 21.6. The zero-order chi connectivity index (χ0) is 27.1. The quantitative estimate of drug-likeness (QED) is 0.223. The Morgan fingerprint density at radius 2 is 1.74 bits per heavy atom. The average molecular weight is 521 g/mol. The highest BCUT2D eigenvalue weighted by molar-refractivity contribution is 6.12. The van der Waals surface area contributed by atoms with Gasteiger partial charge in [-0.05, 0) is 42.5 Å². The van der Waals surface area contributed by atoms with Crippen molar-refractivity contribution in [3.05, 3.63) is 90.2 Å². The maximum atomic E-state index is 13.6. The first-order chi connectivity index (χ1) is 19.0. The molecule has 0 unspecified atom stereocenters. The van der Waals surface area contributed by atoms with Crippen LogP contribution in [0.3, 0.4) is 0 Å². The molecule has 3 heterocycles. The standard InChI is InChI=1S/C31H25FN4O3/c1-33-24-16-28-22(29(31(37)34-2)30(39-28)17-8-10-19(32)11-9-17)15-21(24)25-13-20(38-3)14-27(36-25)26-12-18-6-4-5-7-23(18)35-26/h4-16,33,35H,1-3H3,(H,34,37). The van der Waals surface area contributed by atoms with Crippen molar-refractivity contribution in [2.75, 3.05) is 26.5 Å². The van der Waals surface area contributed by atoms with Gasteiger partial charge < -0.3 is 24.8 Å². The Kier molecular flexibility index (Phi) is 5.99. The number of furan rings is 1. The Balaban J connectivity index is 1.57. The average Bonchev–Trinajstić information content (AvgIpc) is 3.58. The number of H-pyrrole nitrogens is 1. The summed E-state index contributed by atoms with van der Waals surface area (Å²) in [7, 11) is 4.99. The Morgan fingerprint density at radius 3 is 2.46 bits per heavy atom. The first-order valence-corrected chi connectivity index (χ1v) is 12.4. The van der Waals surface area contributed by atoms with Crippen molar-refractivity contribution in [1.82, 2.24) is 15.3 Å². The van der Waals surface area contributed by atoms with Gasteiger partial charge in [0.2, 0.25) is 0 Å². The SMILES string of the molecule is CNC(=O)c1c(-c2ccc(F)cc2)oc2cc(NC)c(-c3cc(OC)cc(-c4cc5ccccc5[nH]4)n3)cc12. The first-order valence-electron chi connectivity index (χ1n) is 12.4. The van der Waals surface area contributed by atoms with E-state index in [-0.39, 0.29) is 11.7 Å². The lowest BCUT2D eigenvalue weighted by atomic mass is 10.0. The third kappa shape index (κ3) is 4.25. The van der Waals surface area contributed by atoms with Crippen LogP contribution in [0, 0.1) is 5.82 Å². The van der Waals surface area contributed by atoms with Crippen LogP contribution in [0.2, 0.25) is 0 Å². The number of benzene rings is 3. The maximum absolute atomic E-state index is 13.6. The fourth-order valence-corrected chi connectivity index (χ4v) is 4.83. The van der Waals surface area contributed by atoms with E-state index in [0.29, 0.717) is 45.0 Å². The molecule has 0 fully saturated rings. The van der Waals surface area contributed by atoms with Gasteiger partial charge in [-0.25, -0.2) is 9.37 Å². The highest BCUT2D eigenvalue weighted by Gasteiger charge is 2.24. The summed E-state index contributed by atoms with van der Waals surface area (Å²) >= 11 is 0. The van der Waals surface area contributed by atoms with Gasteiger partial charge in [0.05, 0.1) is 29.8 Å². The number of anilines is 1. The molecule has 0 aliphatic heterocycles. The number of carbonyl (C=O) groups is 1. The molecule has 0 saturated heterocycles. The van der Waals surface area contributed by atoms with E-state index in [0.717, 1.165) is 27.8 Å². The van der Waals surface area contributed by atoms with Gasteiger partial charge in [-0.1, -0.05) is 18.2 Å². The fourth-order valence-electron chi connectivity index (χ4n) is 4.83. The monoisotopic (exact) mass is 520 g/mol. The Hall–Kier alpha value is -5.11. The van der Waals surface area contributed by atoms with Crippen molar-refractivity contribution in [2.24, 2.45) is 0 Å². The van der Waals surface area contributed by atoms with E-state index >= 15 is 0 Å². The van der Waals surface area contributed by atoms with Crippen LogP contribution in [0.5, 0.6) is 5.75 Å². The van der Waals surface area contributed by atoms with Crippen LogP contribution in [0.25, 0.3) is 55.8 Å². The van der Waals surface area contributed by atoms with Crippen LogP contribution < -0.4 is 15.4 Å². The van der Waals surface area contributed by atoms with Gasteiger partial charge >= 0.3 is 0 Å². The molecule has 194 valence electrons. The van der Waals surface area contributed by atoms with E-state index in [2.05, 4.69) is 21.7 Å². The minimum absolute atomic E-state index is 0.311. The molecule has 1 amide bonds. The number of rotatable bonds is 6.